The van der Waals surface area contributed by atoms with E-state index in [1.54, 1.807) is 4.90 Å². The first kappa shape index (κ1) is 12.2. The molecule has 0 bridgehead atoms. The third-order valence-electron chi connectivity index (χ3n) is 3.77. The fourth-order valence-electron chi connectivity index (χ4n) is 2.60. The number of nitrogens with one attached hydrogen (secondary N) is 1. The van der Waals surface area contributed by atoms with Gasteiger partial charge >= 0.3 is 0 Å². The van der Waals surface area contributed by atoms with Crippen molar-refractivity contribution in [3.8, 4) is 0 Å². The highest BCUT2D eigenvalue weighted by Crippen LogP contribution is 2.33. The van der Waals surface area contributed by atoms with Gasteiger partial charge in [0.2, 0.25) is 11.8 Å². The van der Waals surface area contributed by atoms with Gasteiger partial charge in [0.05, 0.1) is 0 Å². The molecule has 1 atom stereocenters. The summed E-state index contributed by atoms with van der Waals surface area (Å²) in [7, 11) is 0. The van der Waals surface area contributed by atoms with Crippen molar-refractivity contribution in [1.82, 2.24) is 5.32 Å². The monoisotopic (exact) mass is 258 g/mol. The second-order valence-corrected chi connectivity index (χ2v) is 5.25. The predicted molar refractivity (Wildman–Crippen MR) is 72.9 cm³/mol. The topological polar surface area (TPSA) is 49.4 Å². The van der Waals surface area contributed by atoms with Crippen LogP contribution in [0.4, 0.5) is 5.69 Å². The number of hydrogen-bond acceptors (Lipinski definition) is 2. The first-order valence-electron chi connectivity index (χ1n) is 6.91. The highest BCUT2D eigenvalue weighted by Gasteiger charge is 2.39. The second-order valence-electron chi connectivity index (χ2n) is 5.25. The Hall–Kier alpha value is -1.84. The maximum atomic E-state index is 12.3. The van der Waals surface area contributed by atoms with Crippen LogP contribution in [0.15, 0.2) is 24.3 Å². The molecule has 100 valence electrons. The standard InChI is InChI=1S/C15H18N2O2/c1-2-14(18)17-12-6-4-3-5-10(12)9-13(17)15(19)16-11-7-8-11/h3-6,11,13H,2,7-9H2,1H3,(H,16,19)/t13-/m0/s1. The lowest BCUT2D eigenvalue weighted by atomic mass is 10.1. The maximum Gasteiger partial charge on any atom is 0.243 e. The van der Waals surface area contributed by atoms with Crippen LogP contribution in [0, 0.1) is 0 Å². The van der Waals surface area contributed by atoms with Crippen LogP contribution in [0.25, 0.3) is 0 Å². The largest absolute Gasteiger partial charge is 0.352 e. The van der Waals surface area contributed by atoms with Crippen LogP contribution in [0.2, 0.25) is 0 Å². The molecule has 1 fully saturated rings. The van der Waals surface area contributed by atoms with Gasteiger partial charge in [-0.3, -0.25) is 14.5 Å². The summed E-state index contributed by atoms with van der Waals surface area (Å²) < 4.78 is 0. The first-order chi connectivity index (χ1) is 9.20. The zero-order valence-electron chi connectivity index (χ0n) is 11.1. The van der Waals surface area contributed by atoms with Gasteiger partial charge in [0.15, 0.2) is 0 Å². The van der Waals surface area contributed by atoms with Crippen molar-refractivity contribution in [3.05, 3.63) is 29.8 Å². The van der Waals surface area contributed by atoms with Crippen molar-refractivity contribution in [2.45, 2.75) is 44.7 Å². The molecule has 1 aliphatic heterocycles. The summed E-state index contributed by atoms with van der Waals surface area (Å²) in [5, 5.41) is 3.01. The number of rotatable bonds is 3. The van der Waals surface area contributed by atoms with Gasteiger partial charge < -0.3 is 5.32 Å². The molecule has 1 saturated carbocycles. The van der Waals surface area contributed by atoms with Gasteiger partial charge in [-0.05, 0) is 24.5 Å². The van der Waals surface area contributed by atoms with Crippen LogP contribution in [-0.2, 0) is 16.0 Å². The van der Waals surface area contributed by atoms with Crippen LogP contribution >= 0.6 is 0 Å². The van der Waals surface area contributed by atoms with E-state index in [0.29, 0.717) is 18.9 Å². The van der Waals surface area contributed by atoms with Gasteiger partial charge in [-0.2, -0.15) is 0 Å². The normalized spacial score (nSPS) is 21.1. The average Bonchev–Trinajstić information content (AvgIpc) is 3.15. The summed E-state index contributed by atoms with van der Waals surface area (Å²) in [5.74, 6) is 0.00129. The van der Waals surface area contributed by atoms with Gasteiger partial charge in [-0.25, -0.2) is 0 Å². The first-order valence-corrected chi connectivity index (χ1v) is 6.91. The summed E-state index contributed by atoms with van der Waals surface area (Å²) in [6.45, 7) is 1.83. The molecule has 4 heteroatoms. The smallest absolute Gasteiger partial charge is 0.243 e. The summed E-state index contributed by atoms with van der Waals surface area (Å²) in [5.41, 5.74) is 1.98. The fraction of sp³-hybridized carbons (Fsp3) is 0.467. The molecule has 2 aliphatic rings. The molecular weight excluding hydrogens is 240 g/mol. The maximum absolute atomic E-state index is 12.3. The predicted octanol–water partition coefficient (Wildman–Crippen LogP) is 1.63. The molecule has 1 aliphatic carbocycles. The Morgan fingerprint density at radius 2 is 2.05 bits per heavy atom. The van der Waals surface area contributed by atoms with E-state index in [4.69, 9.17) is 0 Å². The molecule has 4 nitrogen and oxygen atoms in total. The zero-order chi connectivity index (χ0) is 13.4. The third-order valence-corrected chi connectivity index (χ3v) is 3.77. The minimum atomic E-state index is -0.370. The number of hydrogen-bond donors (Lipinski definition) is 1. The highest BCUT2D eigenvalue weighted by molar-refractivity contribution is 6.03. The van der Waals surface area contributed by atoms with E-state index >= 15 is 0 Å². The van der Waals surface area contributed by atoms with E-state index in [9.17, 15) is 9.59 Å². The van der Waals surface area contributed by atoms with Crippen molar-refractivity contribution < 1.29 is 9.59 Å². The highest BCUT2D eigenvalue weighted by atomic mass is 16.2. The number of benzene rings is 1. The molecule has 2 amide bonds. The molecule has 1 aromatic carbocycles. The number of carbonyl (C=O) groups excluding carboxylic acids is 2. The van der Waals surface area contributed by atoms with Crippen molar-refractivity contribution in [3.63, 3.8) is 0 Å². The molecule has 0 radical (unpaired) electrons. The van der Waals surface area contributed by atoms with E-state index in [2.05, 4.69) is 5.32 Å². The number of nitrogens with zero attached hydrogens (tertiary/aromatic N) is 1. The van der Waals surface area contributed by atoms with E-state index in [1.807, 2.05) is 31.2 Å². The third kappa shape index (κ3) is 2.23. The van der Waals surface area contributed by atoms with Gasteiger partial charge in [0.1, 0.15) is 6.04 Å². The van der Waals surface area contributed by atoms with E-state index in [1.165, 1.54) is 0 Å². The van der Waals surface area contributed by atoms with Crippen LogP contribution in [0.5, 0.6) is 0 Å². The Morgan fingerprint density at radius 1 is 1.32 bits per heavy atom. The number of carbonyl (C=O) groups is 2. The fourth-order valence-corrected chi connectivity index (χ4v) is 2.60. The van der Waals surface area contributed by atoms with Crippen molar-refractivity contribution in [1.29, 1.82) is 0 Å². The number of para-hydroxylation sites is 1. The zero-order valence-corrected chi connectivity index (χ0v) is 11.1. The van der Waals surface area contributed by atoms with Crippen LogP contribution in [0.1, 0.15) is 31.7 Å². The quantitative estimate of drug-likeness (QED) is 0.896. The summed E-state index contributed by atoms with van der Waals surface area (Å²) in [4.78, 5) is 26.1. The molecule has 3 rings (SSSR count). The lowest BCUT2D eigenvalue weighted by Gasteiger charge is -2.24. The van der Waals surface area contributed by atoms with Gasteiger partial charge in [0, 0.05) is 24.6 Å². The van der Waals surface area contributed by atoms with Crippen LogP contribution in [0.3, 0.4) is 0 Å². The Balaban J connectivity index is 1.87. The van der Waals surface area contributed by atoms with E-state index in [0.717, 1.165) is 24.1 Å². The SMILES string of the molecule is CCC(=O)N1c2ccccc2C[C@H]1C(=O)NC1CC1. The molecule has 0 saturated heterocycles. The van der Waals surface area contributed by atoms with Gasteiger partial charge in [0.25, 0.3) is 0 Å². The molecule has 19 heavy (non-hydrogen) atoms. The number of amides is 2. The lowest BCUT2D eigenvalue weighted by molar-refractivity contribution is -0.126. The Morgan fingerprint density at radius 3 is 2.74 bits per heavy atom. The summed E-state index contributed by atoms with van der Waals surface area (Å²) >= 11 is 0. The number of anilines is 1. The average molecular weight is 258 g/mol. The molecular formula is C15H18N2O2. The second kappa shape index (κ2) is 4.68. The van der Waals surface area contributed by atoms with Crippen molar-refractivity contribution >= 4 is 17.5 Å². The molecule has 0 unspecified atom stereocenters. The Kier molecular flexibility index (Phi) is 3.01. The Bertz CT molecular complexity index is 523. The van der Waals surface area contributed by atoms with E-state index in [-0.39, 0.29) is 17.9 Å². The van der Waals surface area contributed by atoms with Gasteiger partial charge in [-0.15, -0.1) is 0 Å². The number of fused-ring (bicyclic) bond motifs is 1. The molecule has 0 aromatic heterocycles. The van der Waals surface area contributed by atoms with E-state index < -0.39 is 0 Å². The lowest BCUT2D eigenvalue weighted by Crippen LogP contribution is -2.48. The molecule has 1 heterocycles. The molecule has 0 spiro atoms. The van der Waals surface area contributed by atoms with Crippen molar-refractivity contribution in [2.24, 2.45) is 0 Å². The minimum absolute atomic E-state index is 0.0134. The summed E-state index contributed by atoms with van der Waals surface area (Å²) in [6, 6.07) is 7.74. The van der Waals surface area contributed by atoms with Crippen molar-refractivity contribution in [2.75, 3.05) is 4.90 Å². The Labute approximate surface area is 112 Å². The molecule has 1 aromatic rings. The molecule has 1 N–H and O–H groups in total. The summed E-state index contributed by atoms with van der Waals surface area (Å²) in [6.07, 6.45) is 3.17. The minimum Gasteiger partial charge on any atom is -0.352 e. The van der Waals surface area contributed by atoms with Crippen LogP contribution < -0.4 is 10.2 Å². The van der Waals surface area contributed by atoms with Crippen LogP contribution in [-0.4, -0.2) is 23.9 Å². The van der Waals surface area contributed by atoms with Gasteiger partial charge in [-0.1, -0.05) is 25.1 Å².